The summed E-state index contributed by atoms with van der Waals surface area (Å²) in [4.78, 5) is 0. The van der Waals surface area contributed by atoms with E-state index >= 15 is 4.39 Å². The van der Waals surface area contributed by atoms with Crippen molar-refractivity contribution in [2.45, 2.75) is 32.8 Å². The van der Waals surface area contributed by atoms with Crippen molar-refractivity contribution in [3.05, 3.63) is 76.9 Å². The number of ether oxygens (including phenoxy) is 3. The van der Waals surface area contributed by atoms with Gasteiger partial charge in [0.25, 0.3) is 0 Å². The molecule has 0 bridgehead atoms. The third-order valence-corrected chi connectivity index (χ3v) is 5.33. The van der Waals surface area contributed by atoms with Gasteiger partial charge in [-0.2, -0.15) is 0 Å². The molecular weight excluding hydrogens is 424 g/mol. The van der Waals surface area contributed by atoms with Crippen LogP contribution < -0.4 is 14.2 Å². The van der Waals surface area contributed by atoms with E-state index in [-0.39, 0.29) is 35.7 Å². The van der Waals surface area contributed by atoms with E-state index in [1.807, 2.05) is 6.92 Å². The highest BCUT2D eigenvalue weighted by molar-refractivity contribution is 5.76. The van der Waals surface area contributed by atoms with Crippen LogP contribution in [0.1, 0.15) is 42.9 Å². The van der Waals surface area contributed by atoms with Crippen LogP contribution >= 0.6 is 0 Å². The molecule has 1 aliphatic rings. The lowest BCUT2D eigenvalue weighted by Crippen LogP contribution is -2.17. The smallest absolute Gasteiger partial charge is 0.171 e. The number of rotatable bonds is 7. The molecule has 0 aliphatic heterocycles. The van der Waals surface area contributed by atoms with Gasteiger partial charge in [0.15, 0.2) is 23.9 Å². The highest BCUT2D eigenvalue weighted by Gasteiger charge is 2.39. The van der Waals surface area contributed by atoms with Gasteiger partial charge in [-0.05, 0) is 55.3 Å². The SMILES string of the molecule is CCOc1ccc(OCc2ccc3c(c2F)C(F)C(F)c2c-3ccc(OCC)c2F)cc1. The first-order chi connectivity index (χ1) is 15.5. The van der Waals surface area contributed by atoms with E-state index in [2.05, 4.69) is 0 Å². The van der Waals surface area contributed by atoms with Gasteiger partial charge in [-0.1, -0.05) is 18.2 Å². The van der Waals surface area contributed by atoms with Gasteiger partial charge < -0.3 is 14.2 Å². The van der Waals surface area contributed by atoms with Crippen molar-refractivity contribution in [2.24, 2.45) is 0 Å². The lowest BCUT2D eigenvalue weighted by atomic mass is 9.81. The van der Waals surface area contributed by atoms with Crippen LogP contribution in [0, 0.1) is 11.6 Å². The average molecular weight is 446 g/mol. The topological polar surface area (TPSA) is 27.7 Å². The number of fused-ring (bicyclic) bond motifs is 3. The summed E-state index contributed by atoms with van der Waals surface area (Å²) < 4.78 is 76.0. The maximum absolute atomic E-state index is 15.2. The van der Waals surface area contributed by atoms with Crippen molar-refractivity contribution in [1.29, 1.82) is 0 Å². The average Bonchev–Trinajstić information content (AvgIpc) is 2.79. The van der Waals surface area contributed by atoms with Crippen LogP contribution in [0.4, 0.5) is 17.6 Å². The Labute approximate surface area is 183 Å². The van der Waals surface area contributed by atoms with Gasteiger partial charge in [-0.25, -0.2) is 17.6 Å². The van der Waals surface area contributed by atoms with E-state index in [4.69, 9.17) is 14.2 Å². The van der Waals surface area contributed by atoms with Crippen LogP contribution in [0.25, 0.3) is 11.1 Å². The first-order valence-electron chi connectivity index (χ1n) is 10.4. The summed E-state index contributed by atoms with van der Waals surface area (Å²) in [6, 6.07) is 12.4. The number of hydrogen-bond acceptors (Lipinski definition) is 3. The molecule has 3 aromatic rings. The Hall–Kier alpha value is -3.22. The van der Waals surface area contributed by atoms with Crippen molar-refractivity contribution >= 4 is 0 Å². The zero-order chi connectivity index (χ0) is 22.8. The minimum Gasteiger partial charge on any atom is -0.494 e. The molecule has 32 heavy (non-hydrogen) atoms. The van der Waals surface area contributed by atoms with E-state index < -0.39 is 35.1 Å². The maximum Gasteiger partial charge on any atom is 0.171 e. The molecule has 0 spiro atoms. The minimum atomic E-state index is -2.35. The summed E-state index contributed by atoms with van der Waals surface area (Å²) in [5, 5.41) is 0. The van der Waals surface area contributed by atoms with Gasteiger partial charge in [0, 0.05) is 16.7 Å². The summed E-state index contributed by atoms with van der Waals surface area (Å²) in [5.74, 6) is -0.878. The minimum absolute atomic E-state index is 0.0716. The summed E-state index contributed by atoms with van der Waals surface area (Å²) in [6.45, 7) is 4.05. The number of halogens is 4. The molecule has 0 radical (unpaired) electrons. The Bertz CT molecular complexity index is 1120. The van der Waals surface area contributed by atoms with Gasteiger partial charge >= 0.3 is 0 Å². The molecule has 0 aromatic heterocycles. The molecule has 0 N–H and O–H groups in total. The normalized spacial score (nSPS) is 16.8. The third kappa shape index (κ3) is 3.87. The summed E-state index contributed by atoms with van der Waals surface area (Å²) >= 11 is 0. The van der Waals surface area contributed by atoms with E-state index in [0.717, 1.165) is 0 Å². The first kappa shape index (κ1) is 22.0. The van der Waals surface area contributed by atoms with Crippen molar-refractivity contribution in [3.8, 4) is 28.4 Å². The number of hydrogen-bond donors (Lipinski definition) is 0. The molecular formula is C25H22F4O3. The van der Waals surface area contributed by atoms with E-state index in [1.165, 1.54) is 24.3 Å². The quantitative estimate of drug-likeness (QED) is 0.364. The summed E-state index contributed by atoms with van der Waals surface area (Å²) in [6.07, 6.45) is -4.70. The number of alkyl halides is 2. The molecule has 4 rings (SSSR count). The molecule has 3 aromatic carbocycles. The van der Waals surface area contributed by atoms with Crippen LogP contribution in [0.15, 0.2) is 48.5 Å². The molecule has 0 saturated carbocycles. The number of benzene rings is 3. The van der Waals surface area contributed by atoms with Crippen LogP contribution in [0.2, 0.25) is 0 Å². The zero-order valence-electron chi connectivity index (χ0n) is 17.6. The van der Waals surface area contributed by atoms with Crippen LogP contribution in [-0.4, -0.2) is 13.2 Å². The Kier molecular flexibility index (Phi) is 6.26. The van der Waals surface area contributed by atoms with Crippen LogP contribution in [0.3, 0.4) is 0 Å². The van der Waals surface area contributed by atoms with Crippen LogP contribution in [0.5, 0.6) is 17.2 Å². The highest BCUT2D eigenvalue weighted by Crippen LogP contribution is 2.51. The van der Waals surface area contributed by atoms with Crippen molar-refractivity contribution in [2.75, 3.05) is 13.2 Å². The fourth-order valence-electron chi connectivity index (χ4n) is 3.85. The molecule has 1 aliphatic carbocycles. The second kappa shape index (κ2) is 9.10. The van der Waals surface area contributed by atoms with Crippen molar-refractivity contribution in [1.82, 2.24) is 0 Å². The fourth-order valence-corrected chi connectivity index (χ4v) is 3.85. The maximum atomic E-state index is 15.2. The third-order valence-electron chi connectivity index (χ3n) is 5.33. The van der Waals surface area contributed by atoms with Crippen LogP contribution in [-0.2, 0) is 6.61 Å². The highest BCUT2D eigenvalue weighted by atomic mass is 19.2. The Balaban J connectivity index is 1.65. The molecule has 7 heteroatoms. The van der Waals surface area contributed by atoms with E-state index in [9.17, 15) is 13.2 Å². The van der Waals surface area contributed by atoms with E-state index in [1.54, 1.807) is 31.2 Å². The second-order valence-electron chi connectivity index (χ2n) is 7.27. The predicted octanol–water partition coefficient (Wildman–Crippen LogP) is 7.04. The summed E-state index contributed by atoms with van der Waals surface area (Å²) in [7, 11) is 0. The van der Waals surface area contributed by atoms with Crippen molar-refractivity contribution < 1.29 is 31.8 Å². The Morgan fingerprint density at radius 3 is 1.78 bits per heavy atom. The molecule has 0 fully saturated rings. The largest absolute Gasteiger partial charge is 0.494 e. The predicted molar refractivity (Wildman–Crippen MR) is 113 cm³/mol. The molecule has 0 saturated heterocycles. The zero-order valence-corrected chi connectivity index (χ0v) is 17.6. The molecule has 0 amide bonds. The first-order valence-corrected chi connectivity index (χ1v) is 10.4. The van der Waals surface area contributed by atoms with E-state index in [0.29, 0.717) is 18.1 Å². The molecule has 3 nitrogen and oxygen atoms in total. The van der Waals surface area contributed by atoms with Gasteiger partial charge in [-0.3, -0.25) is 0 Å². The second-order valence-corrected chi connectivity index (χ2v) is 7.27. The molecule has 168 valence electrons. The monoisotopic (exact) mass is 446 g/mol. The summed E-state index contributed by atoms with van der Waals surface area (Å²) in [5.41, 5.74) is -0.580. The van der Waals surface area contributed by atoms with Gasteiger partial charge in [0.1, 0.15) is 23.9 Å². The van der Waals surface area contributed by atoms with Gasteiger partial charge in [0.2, 0.25) is 0 Å². The standard InChI is InChI=1S/C25H22F4O3/c1-3-30-15-6-8-16(9-7-15)32-13-14-5-10-17-18-11-12-19(31-4-2)23(27)21(18)25(29)24(28)20(17)22(14)26/h5-12,24-25H,3-4,13H2,1-2H3. The molecule has 2 unspecified atom stereocenters. The lowest BCUT2D eigenvalue weighted by molar-refractivity contribution is 0.158. The van der Waals surface area contributed by atoms with Gasteiger partial charge in [0.05, 0.1) is 13.2 Å². The Morgan fingerprint density at radius 1 is 0.656 bits per heavy atom. The molecule has 2 atom stereocenters. The fraction of sp³-hybridized carbons (Fsp3) is 0.280. The van der Waals surface area contributed by atoms with Crippen molar-refractivity contribution in [3.63, 3.8) is 0 Å². The molecule has 0 heterocycles. The Morgan fingerprint density at radius 2 is 1.19 bits per heavy atom. The van der Waals surface area contributed by atoms with Gasteiger partial charge in [-0.15, -0.1) is 0 Å². The lowest BCUT2D eigenvalue weighted by Gasteiger charge is -2.28.